The van der Waals surface area contributed by atoms with Gasteiger partial charge in [-0.25, -0.2) is 0 Å². The Morgan fingerprint density at radius 1 is 1.29 bits per heavy atom. The lowest BCUT2D eigenvalue weighted by Gasteiger charge is -2.15. The van der Waals surface area contributed by atoms with E-state index in [2.05, 4.69) is 16.2 Å². The first kappa shape index (κ1) is 13.2. The van der Waals surface area contributed by atoms with Crippen LogP contribution < -0.4 is 20.9 Å². The van der Waals surface area contributed by atoms with E-state index in [1.165, 1.54) is 0 Å². The van der Waals surface area contributed by atoms with Gasteiger partial charge in [0, 0.05) is 7.05 Å². The van der Waals surface area contributed by atoms with Gasteiger partial charge >= 0.3 is 0 Å². The number of hydrogen-bond donors (Lipinski definition) is 3. The number of carbonyl (C=O) groups excluding carboxylic acids is 1. The number of hydrazine groups is 1. The highest BCUT2D eigenvalue weighted by Gasteiger charge is 2.14. The van der Waals surface area contributed by atoms with Gasteiger partial charge in [0.15, 0.2) is 11.2 Å². The maximum atomic E-state index is 11.6. The van der Waals surface area contributed by atoms with Gasteiger partial charge in [-0.2, -0.15) is 0 Å². The third-order valence-electron chi connectivity index (χ3n) is 1.95. The topological polar surface area (TPSA) is 62.4 Å². The molecule has 0 aliphatic heterocycles. The van der Waals surface area contributed by atoms with Crippen LogP contribution in [0, 0.1) is 0 Å². The van der Waals surface area contributed by atoms with E-state index in [1.54, 1.807) is 26.1 Å². The number of nitrogens with one attached hydrogen (secondary N) is 3. The largest absolute Gasteiger partial charge is 0.481 e. The normalized spacial score (nSPS) is 11.2. The van der Waals surface area contributed by atoms with Gasteiger partial charge in [0.05, 0.1) is 0 Å². The van der Waals surface area contributed by atoms with Crippen LogP contribution in [-0.4, -0.2) is 24.2 Å². The quantitative estimate of drug-likeness (QED) is 0.543. The molecule has 17 heavy (non-hydrogen) atoms. The zero-order chi connectivity index (χ0) is 12.7. The molecule has 0 spiro atoms. The van der Waals surface area contributed by atoms with E-state index in [9.17, 15) is 4.79 Å². The summed E-state index contributed by atoms with van der Waals surface area (Å²) in [6.07, 6.45) is -0.607. The monoisotopic (exact) mass is 253 g/mol. The Morgan fingerprint density at radius 3 is 2.53 bits per heavy atom. The highest BCUT2D eigenvalue weighted by atomic mass is 32.1. The van der Waals surface area contributed by atoms with Crippen molar-refractivity contribution in [3.8, 4) is 5.75 Å². The summed E-state index contributed by atoms with van der Waals surface area (Å²) in [6.45, 7) is 1.66. The van der Waals surface area contributed by atoms with Crippen LogP contribution in [0.15, 0.2) is 30.3 Å². The molecule has 0 saturated carbocycles. The Balaban J connectivity index is 2.40. The second kappa shape index (κ2) is 6.70. The predicted molar refractivity (Wildman–Crippen MR) is 69.5 cm³/mol. The van der Waals surface area contributed by atoms with Crippen LogP contribution in [0.3, 0.4) is 0 Å². The molecule has 1 aromatic carbocycles. The van der Waals surface area contributed by atoms with E-state index in [0.717, 1.165) is 0 Å². The number of thiocarbonyl (C=S) groups is 1. The smallest absolute Gasteiger partial charge is 0.279 e. The van der Waals surface area contributed by atoms with Gasteiger partial charge in [-0.05, 0) is 31.3 Å². The zero-order valence-electron chi connectivity index (χ0n) is 9.69. The minimum Gasteiger partial charge on any atom is -0.481 e. The third-order valence-corrected chi connectivity index (χ3v) is 2.26. The number of amides is 1. The van der Waals surface area contributed by atoms with Crippen LogP contribution >= 0.6 is 12.2 Å². The fourth-order valence-electron chi connectivity index (χ4n) is 1.04. The van der Waals surface area contributed by atoms with Crippen molar-refractivity contribution >= 4 is 23.2 Å². The summed E-state index contributed by atoms with van der Waals surface area (Å²) in [4.78, 5) is 11.6. The standard InChI is InChI=1S/C11H15N3O2S/c1-8(10(15)13-14-11(17)12-2)16-9-6-4-3-5-7-9/h3-8H,1-2H3,(H,13,15)(H2,12,14,17). The molecule has 0 aromatic heterocycles. The van der Waals surface area contributed by atoms with Crippen LogP contribution in [0.25, 0.3) is 0 Å². The van der Waals surface area contributed by atoms with Crippen LogP contribution in [0.2, 0.25) is 0 Å². The number of benzene rings is 1. The lowest BCUT2D eigenvalue weighted by atomic mass is 10.3. The Morgan fingerprint density at radius 2 is 1.94 bits per heavy atom. The van der Waals surface area contributed by atoms with Gasteiger partial charge in [0.25, 0.3) is 5.91 Å². The molecule has 0 heterocycles. The average Bonchev–Trinajstić information content (AvgIpc) is 2.36. The molecular weight excluding hydrogens is 238 g/mol. The summed E-state index contributed by atoms with van der Waals surface area (Å²) >= 11 is 4.81. The Bertz CT molecular complexity index is 384. The second-order valence-corrected chi connectivity index (χ2v) is 3.67. The van der Waals surface area contributed by atoms with Crippen molar-refractivity contribution < 1.29 is 9.53 Å². The van der Waals surface area contributed by atoms with Crippen molar-refractivity contribution in [2.45, 2.75) is 13.0 Å². The van der Waals surface area contributed by atoms with E-state index in [4.69, 9.17) is 17.0 Å². The minimum absolute atomic E-state index is 0.300. The molecule has 0 aliphatic rings. The van der Waals surface area contributed by atoms with Gasteiger partial charge in [0.2, 0.25) is 0 Å². The Labute approximate surface area is 106 Å². The van der Waals surface area contributed by atoms with Gasteiger partial charge < -0.3 is 10.1 Å². The number of para-hydroxylation sites is 1. The van der Waals surface area contributed by atoms with Gasteiger partial charge in [0.1, 0.15) is 5.75 Å². The molecule has 0 bridgehead atoms. The van der Waals surface area contributed by atoms with Crippen molar-refractivity contribution in [3.05, 3.63) is 30.3 Å². The number of carbonyl (C=O) groups is 1. The molecule has 0 radical (unpaired) electrons. The minimum atomic E-state index is -0.607. The fourth-order valence-corrected chi connectivity index (χ4v) is 1.09. The number of rotatable bonds is 3. The van der Waals surface area contributed by atoms with Crippen LogP contribution in [0.1, 0.15) is 6.92 Å². The first-order chi connectivity index (χ1) is 8.13. The van der Waals surface area contributed by atoms with Crippen molar-refractivity contribution in [3.63, 3.8) is 0 Å². The Hall–Kier alpha value is -1.82. The van der Waals surface area contributed by atoms with Gasteiger partial charge in [-0.15, -0.1) is 0 Å². The van der Waals surface area contributed by atoms with Crippen molar-refractivity contribution in [2.75, 3.05) is 7.05 Å². The van der Waals surface area contributed by atoms with E-state index in [0.29, 0.717) is 10.9 Å². The van der Waals surface area contributed by atoms with E-state index in [1.807, 2.05) is 18.2 Å². The number of ether oxygens (including phenoxy) is 1. The zero-order valence-corrected chi connectivity index (χ0v) is 10.5. The highest BCUT2D eigenvalue weighted by molar-refractivity contribution is 7.80. The summed E-state index contributed by atoms with van der Waals surface area (Å²) in [6, 6.07) is 9.14. The van der Waals surface area contributed by atoms with Crippen LogP contribution in [-0.2, 0) is 4.79 Å². The first-order valence-corrected chi connectivity index (χ1v) is 5.53. The second-order valence-electron chi connectivity index (χ2n) is 3.27. The van der Waals surface area contributed by atoms with Crippen LogP contribution in [0.5, 0.6) is 5.75 Å². The van der Waals surface area contributed by atoms with Gasteiger partial charge in [-0.1, -0.05) is 18.2 Å². The van der Waals surface area contributed by atoms with E-state index in [-0.39, 0.29) is 5.91 Å². The summed E-state index contributed by atoms with van der Waals surface area (Å²) in [5, 5.41) is 3.01. The first-order valence-electron chi connectivity index (χ1n) is 5.12. The molecule has 1 atom stereocenters. The van der Waals surface area contributed by atoms with Crippen molar-refractivity contribution in [2.24, 2.45) is 0 Å². The average molecular weight is 253 g/mol. The SMILES string of the molecule is CNC(=S)NNC(=O)C(C)Oc1ccccc1. The molecule has 1 amide bonds. The fraction of sp³-hybridized carbons (Fsp3) is 0.273. The lowest BCUT2D eigenvalue weighted by Crippen LogP contribution is -2.49. The molecule has 0 fully saturated rings. The summed E-state index contributed by atoms with van der Waals surface area (Å²) in [5.41, 5.74) is 4.98. The molecule has 1 unspecified atom stereocenters. The predicted octanol–water partition coefficient (Wildman–Crippen LogP) is 0.579. The molecule has 0 saturated heterocycles. The number of hydrogen-bond acceptors (Lipinski definition) is 3. The Kier molecular flexibility index (Phi) is 5.22. The van der Waals surface area contributed by atoms with E-state index < -0.39 is 6.10 Å². The van der Waals surface area contributed by atoms with Crippen molar-refractivity contribution in [1.82, 2.24) is 16.2 Å². The molecular formula is C11H15N3O2S. The van der Waals surface area contributed by atoms with Crippen molar-refractivity contribution in [1.29, 1.82) is 0 Å². The summed E-state index contributed by atoms with van der Waals surface area (Å²) < 4.78 is 5.43. The molecule has 3 N–H and O–H groups in total. The van der Waals surface area contributed by atoms with E-state index >= 15 is 0 Å². The maximum Gasteiger partial charge on any atom is 0.279 e. The molecule has 1 aromatic rings. The molecule has 0 aliphatic carbocycles. The summed E-state index contributed by atoms with van der Waals surface area (Å²) in [5.74, 6) is 0.345. The molecule has 92 valence electrons. The molecule has 1 rings (SSSR count). The highest BCUT2D eigenvalue weighted by Crippen LogP contribution is 2.10. The third kappa shape index (κ3) is 4.69. The molecule has 5 nitrogen and oxygen atoms in total. The van der Waals surface area contributed by atoms with Gasteiger partial charge in [-0.3, -0.25) is 15.6 Å². The summed E-state index contributed by atoms with van der Waals surface area (Å²) in [7, 11) is 1.66. The lowest BCUT2D eigenvalue weighted by molar-refractivity contribution is -0.127. The maximum absolute atomic E-state index is 11.6. The molecule has 6 heteroatoms. The van der Waals surface area contributed by atoms with Crippen LogP contribution in [0.4, 0.5) is 0 Å².